The first-order chi connectivity index (χ1) is 9.47. The molecule has 0 saturated heterocycles. The van der Waals surface area contributed by atoms with E-state index in [0.29, 0.717) is 0 Å². The van der Waals surface area contributed by atoms with E-state index >= 15 is 0 Å². The van der Waals surface area contributed by atoms with Gasteiger partial charge in [0.05, 0.1) is 16.8 Å². The number of nitro benzene ring substituents is 1. The van der Waals surface area contributed by atoms with Crippen molar-refractivity contribution in [3.63, 3.8) is 0 Å². The average Bonchev–Trinajstić information content (AvgIpc) is 2.43. The Bertz CT molecular complexity index is 646. The number of halogens is 1. The lowest BCUT2D eigenvalue weighted by molar-refractivity contribution is -0.384. The van der Waals surface area contributed by atoms with Crippen molar-refractivity contribution in [2.24, 2.45) is 0 Å². The zero-order chi connectivity index (χ0) is 14.7. The number of nitrogens with zero attached hydrogens (tertiary/aromatic N) is 2. The van der Waals surface area contributed by atoms with E-state index in [0.717, 1.165) is 21.4 Å². The molecule has 104 valence electrons. The molecule has 5 nitrogen and oxygen atoms in total. The molecule has 0 fully saturated rings. The van der Waals surface area contributed by atoms with Gasteiger partial charge in [-0.25, -0.2) is 4.98 Å². The molecule has 1 aromatic carbocycles. The van der Waals surface area contributed by atoms with E-state index in [2.05, 4.69) is 26.2 Å². The number of benzene rings is 1. The summed E-state index contributed by atoms with van der Waals surface area (Å²) in [6.45, 7) is 3.91. The molecule has 1 heterocycles. The fraction of sp³-hybridized carbons (Fsp3) is 0.214. The lowest BCUT2D eigenvalue weighted by Gasteiger charge is -2.16. The van der Waals surface area contributed by atoms with E-state index in [1.54, 1.807) is 18.3 Å². The molecule has 0 radical (unpaired) electrons. The number of aromatic nitrogens is 1. The van der Waals surface area contributed by atoms with Crippen LogP contribution < -0.4 is 5.32 Å². The van der Waals surface area contributed by atoms with E-state index < -0.39 is 0 Å². The maximum Gasteiger partial charge on any atom is 0.269 e. The Kier molecular flexibility index (Phi) is 4.34. The van der Waals surface area contributed by atoms with E-state index in [1.165, 1.54) is 6.07 Å². The van der Waals surface area contributed by atoms with Crippen molar-refractivity contribution in [1.29, 1.82) is 0 Å². The fourth-order valence-electron chi connectivity index (χ4n) is 1.88. The Hall–Kier alpha value is -1.95. The topological polar surface area (TPSA) is 68.1 Å². The number of non-ortho nitro benzene ring substituents is 1. The molecular weight excluding hydrogens is 322 g/mol. The number of hydrogen-bond donors (Lipinski definition) is 1. The Labute approximate surface area is 125 Å². The predicted octanol–water partition coefficient (Wildman–Crippen LogP) is 4.23. The van der Waals surface area contributed by atoms with Crippen LogP contribution in [0.3, 0.4) is 0 Å². The number of aryl methyl sites for hydroxylation is 1. The Morgan fingerprint density at radius 1 is 1.40 bits per heavy atom. The summed E-state index contributed by atoms with van der Waals surface area (Å²) < 4.78 is 0.811. The van der Waals surface area contributed by atoms with Gasteiger partial charge in [-0.2, -0.15) is 0 Å². The summed E-state index contributed by atoms with van der Waals surface area (Å²) >= 11 is 3.35. The highest BCUT2D eigenvalue weighted by atomic mass is 79.9. The molecule has 0 aliphatic heterocycles. The van der Waals surface area contributed by atoms with Crippen molar-refractivity contribution in [2.45, 2.75) is 19.9 Å². The third kappa shape index (κ3) is 3.33. The van der Waals surface area contributed by atoms with Crippen LogP contribution in [0.4, 0.5) is 11.4 Å². The molecule has 20 heavy (non-hydrogen) atoms. The minimum Gasteiger partial charge on any atom is -0.377 e. The van der Waals surface area contributed by atoms with Crippen LogP contribution in [0, 0.1) is 17.0 Å². The van der Waals surface area contributed by atoms with Crippen LogP contribution in [0.15, 0.2) is 41.1 Å². The quantitative estimate of drug-likeness (QED) is 0.515. The Morgan fingerprint density at radius 2 is 2.15 bits per heavy atom. The van der Waals surface area contributed by atoms with E-state index in [1.807, 2.05) is 26.0 Å². The van der Waals surface area contributed by atoms with Crippen LogP contribution in [0.2, 0.25) is 0 Å². The van der Waals surface area contributed by atoms with Crippen LogP contribution in [-0.2, 0) is 0 Å². The molecule has 6 heteroatoms. The molecule has 0 aliphatic carbocycles. The Balaban J connectivity index is 2.19. The molecule has 2 aromatic rings. The van der Waals surface area contributed by atoms with Crippen molar-refractivity contribution in [3.05, 3.63) is 62.4 Å². The van der Waals surface area contributed by atoms with Crippen molar-refractivity contribution in [2.75, 3.05) is 5.32 Å². The van der Waals surface area contributed by atoms with Gasteiger partial charge in [0.1, 0.15) is 4.60 Å². The van der Waals surface area contributed by atoms with Crippen LogP contribution in [-0.4, -0.2) is 9.91 Å². The van der Waals surface area contributed by atoms with Gasteiger partial charge in [-0.3, -0.25) is 10.1 Å². The zero-order valence-electron chi connectivity index (χ0n) is 11.1. The van der Waals surface area contributed by atoms with Crippen LogP contribution in [0.5, 0.6) is 0 Å². The third-order valence-corrected chi connectivity index (χ3v) is 3.81. The van der Waals surface area contributed by atoms with Gasteiger partial charge < -0.3 is 5.32 Å². The van der Waals surface area contributed by atoms with Gasteiger partial charge in [0, 0.05) is 18.2 Å². The van der Waals surface area contributed by atoms with Gasteiger partial charge in [-0.05, 0) is 47.0 Å². The normalized spacial score (nSPS) is 11.9. The minimum atomic E-state index is -0.387. The zero-order valence-corrected chi connectivity index (χ0v) is 12.7. The maximum absolute atomic E-state index is 10.8. The summed E-state index contributed by atoms with van der Waals surface area (Å²) in [5.74, 6) is 0. The summed E-state index contributed by atoms with van der Waals surface area (Å²) in [6.07, 6.45) is 1.73. The summed E-state index contributed by atoms with van der Waals surface area (Å²) in [4.78, 5) is 14.6. The lowest BCUT2D eigenvalue weighted by Crippen LogP contribution is -2.07. The van der Waals surface area contributed by atoms with Gasteiger partial charge in [0.15, 0.2) is 0 Å². The number of pyridine rings is 1. The molecule has 1 atom stereocenters. The van der Waals surface area contributed by atoms with Crippen molar-refractivity contribution in [1.82, 2.24) is 4.98 Å². The highest BCUT2D eigenvalue weighted by Crippen LogP contribution is 2.24. The average molecular weight is 336 g/mol. The number of anilines is 1. The fourth-order valence-corrected chi connectivity index (χ4v) is 2.09. The number of nitrogens with one attached hydrogen (secondary N) is 1. The smallest absolute Gasteiger partial charge is 0.269 e. The summed E-state index contributed by atoms with van der Waals surface area (Å²) in [7, 11) is 0. The lowest BCUT2D eigenvalue weighted by atomic mass is 10.1. The molecule has 0 bridgehead atoms. The minimum absolute atomic E-state index is 0.0442. The van der Waals surface area contributed by atoms with Crippen molar-refractivity contribution >= 4 is 27.3 Å². The van der Waals surface area contributed by atoms with Gasteiger partial charge in [0.25, 0.3) is 5.69 Å². The second kappa shape index (κ2) is 6.00. The molecule has 1 aromatic heterocycles. The first-order valence-electron chi connectivity index (χ1n) is 6.10. The second-order valence-corrected chi connectivity index (χ2v) is 5.30. The van der Waals surface area contributed by atoms with Gasteiger partial charge in [-0.1, -0.05) is 12.1 Å². The summed E-state index contributed by atoms with van der Waals surface area (Å²) in [6, 6.07) is 8.56. The van der Waals surface area contributed by atoms with Crippen LogP contribution >= 0.6 is 15.9 Å². The standard InChI is InChI=1S/C14H14BrN3O2/c1-9-6-12(8-16-14(9)15)17-10(2)11-4-3-5-13(7-11)18(19)20/h3-8,10,17H,1-2H3. The van der Waals surface area contributed by atoms with Crippen molar-refractivity contribution in [3.8, 4) is 0 Å². The summed E-state index contributed by atoms with van der Waals surface area (Å²) in [5.41, 5.74) is 2.87. The van der Waals surface area contributed by atoms with Gasteiger partial charge in [-0.15, -0.1) is 0 Å². The number of nitro groups is 1. The van der Waals surface area contributed by atoms with Crippen molar-refractivity contribution < 1.29 is 4.92 Å². The first kappa shape index (κ1) is 14.5. The molecular formula is C14H14BrN3O2. The molecule has 2 rings (SSSR count). The van der Waals surface area contributed by atoms with E-state index in [9.17, 15) is 10.1 Å². The van der Waals surface area contributed by atoms with Gasteiger partial charge >= 0.3 is 0 Å². The highest BCUT2D eigenvalue weighted by Gasteiger charge is 2.11. The predicted molar refractivity (Wildman–Crippen MR) is 81.8 cm³/mol. The molecule has 1 N–H and O–H groups in total. The van der Waals surface area contributed by atoms with Crippen LogP contribution in [0.25, 0.3) is 0 Å². The molecule has 0 saturated carbocycles. The number of rotatable bonds is 4. The second-order valence-electron chi connectivity index (χ2n) is 4.55. The third-order valence-electron chi connectivity index (χ3n) is 2.98. The monoisotopic (exact) mass is 335 g/mol. The first-order valence-corrected chi connectivity index (χ1v) is 6.89. The molecule has 0 aliphatic rings. The van der Waals surface area contributed by atoms with E-state index in [-0.39, 0.29) is 16.7 Å². The number of hydrogen-bond acceptors (Lipinski definition) is 4. The van der Waals surface area contributed by atoms with Crippen LogP contribution in [0.1, 0.15) is 24.1 Å². The summed E-state index contributed by atoms with van der Waals surface area (Å²) in [5, 5.41) is 14.1. The van der Waals surface area contributed by atoms with E-state index in [4.69, 9.17) is 0 Å². The highest BCUT2D eigenvalue weighted by molar-refractivity contribution is 9.10. The molecule has 0 spiro atoms. The maximum atomic E-state index is 10.8. The molecule has 1 unspecified atom stereocenters. The molecule has 0 amide bonds. The SMILES string of the molecule is Cc1cc(NC(C)c2cccc([N+](=O)[O-])c2)cnc1Br. The Morgan fingerprint density at radius 3 is 2.80 bits per heavy atom. The largest absolute Gasteiger partial charge is 0.377 e. The van der Waals surface area contributed by atoms with Gasteiger partial charge in [0.2, 0.25) is 0 Å².